The second-order valence-electron chi connectivity index (χ2n) is 5.99. The second-order valence-corrected chi connectivity index (χ2v) is 5.99. The number of aliphatic hydroxyl groups is 1. The largest absolute Gasteiger partial charge is 0.481 e. The Morgan fingerprint density at radius 1 is 1.00 bits per heavy atom. The number of carboxylic acid groups (broad SMARTS) is 1. The molecule has 0 rings (SSSR count). The number of rotatable bonds is 15. The van der Waals surface area contributed by atoms with E-state index in [2.05, 4.69) is 12.2 Å². The molecule has 0 radical (unpaired) electrons. The first-order valence-corrected chi connectivity index (χ1v) is 9.06. The molecule has 138 valence electrons. The molecule has 0 unspecified atom stereocenters. The molecule has 0 bridgehead atoms. The van der Waals surface area contributed by atoms with Crippen molar-refractivity contribution in [2.24, 2.45) is 0 Å². The number of unbranched alkanes of at least 4 members (excludes halogenated alkanes) is 5. The van der Waals surface area contributed by atoms with E-state index >= 15 is 0 Å². The van der Waals surface area contributed by atoms with Gasteiger partial charge in [-0.2, -0.15) is 0 Å². The van der Waals surface area contributed by atoms with E-state index in [0.717, 1.165) is 44.9 Å². The van der Waals surface area contributed by atoms with Gasteiger partial charge in [0.25, 0.3) is 0 Å². The third-order valence-corrected chi connectivity index (χ3v) is 3.65. The Labute approximate surface area is 145 Å². The molecule has 0 aromatic rings. The molecule has 0 heterocycles. The summed E-state index contributed by atoms with van der Waals surface area (Å²) in [6.45, 7) is 2.62. The van der Waals surface area contributed by atoms with E-state index in [0.29, 0.717) is 19.4 Å². The minimum Gasteiger partial charge on any atom is -0.481 e. The zero-order valence-corrected chi connectivity index (χ0v) is 14.9. The van der Waals surface area contributed by atoms with Crippen LogP contribution in [0.25, 0.3) is 0 Å². The first-order chi connectivity index (χ1) is 11.6. The van der Waals surface area contributed by atoms with Gasteiger partial charge >= 0.3 is 5.97 Å². The average molecular weight is 339 g/mol. The molecule has 5 nitrogen and oxygen atoms in total. The van der Waals surface area contributed by atoms with Crippen LogP contribution in [0.2, 0.25) is 0 Å². The zero-order valence-electron chi connectivity index (χ0n) is 14.9. The van der Waals surface area contributed by atoms with E-state index in [9.17, 15) is 14.7 Å². The Bertz CT molecular complexity index is 391. The summed E-state index contributed by atoms with van der Waals surface area (Å²) in [5, 5.41) is 21.0. The Morgan fingerprint density at radius 2 is 1.71 bits per heavy atom. The van der Waals surface area contributed by atoms with Gasteiger partial charge in [0.1, 0.15) is 0 Å². The van der Waals surface area contributed by atoms with Crippen molar-refractivity contribution in [3.05, 3.63) is 24.3 Å². The highest BCUT2D eigenvalue weighted by atomic mass is 16.4. The topological polar surface area (TPSA) is 86.6 Å². The molecule has 0 aliphatic carbocycles. The van der Waals surface area contributed by atoms with E-state index in [1.54, 1.807) is 6.08 Å². The van der Waals surface area contributed by atoms with Crippen LogP contribution < -0.4 is 5.32 Å². The van der Waals surface area contributed by atoms with Crippen LogP contribution in [0.4, 0.5) is 0 Å². The lowest BCUT2D eigenvalue weighted by atomic mass is 10.1. The fourth-order valence-corrected chi connectivity index (χ4v) is 2.22. The molecule has 1 atom stereocenters. The molecule has 0 fully saturated rings. The van der Waals surface area contributed by atoms with Gasteiger partial charge in [0.2, 0.25) is 5.91 Å². The summed E-state index contributed by atoms with van der Waals surface area (Å²) in [5.41, 5.74) is 0. The molecule has 0 aromatic carbocycles. The van der Waals surface area contributed by atoms with E-state index < -0.39 is 12.1 Å². The molecular formula is C19H33NO4. The predicted octanol–water partition coefficient (Wildman–Crippen LogP) is 3.58. The monoisotopic (exact) mass is 339 g/mol. The van der Waals surface area contributed by atoms with Crippen LogP contribution >= 0.6 is 0 Å². The van der Waals surface area contributed by atoms with Crippen molar-refractivity contribution in [1.29, 1.82) is 0 Å². The molecule has 0 aliphatic heterocycles. The first-order valence-electron chi connectivity index (χ1n) is 9.06. The highest BCUT2D eigenvalue weighted by Gasteiger charge is 2.00. The Kier molecular flexibility index (Phi) is 15.1. The third-order valence-electron chi connectivity index (χ3n) is 3.65. The second kappa shape index (κ2) is 16.2. The summed E-state index contributed by atoms with van der Waals surface area (Å²) in [6, 6.07) is 0. The maximum Gasteiger partial charge on any atom is 0.303 e. The molecule has 1 amide bonds. The number of carboxylic acids is 1. The Hall–Kier alpha value is -1.62. The molecule has 5 heteroatoms. The number of amides is 1. The number of aliphatic hydroxyl groups excluding tert-OH is 1. The van der Waals surface area contributed by atoms with Crippen LogP contribution in [0.3, 0.4) is 0 Å². The smallest absolute Gasteiger partial charge is 0.303 e. The first kappa shape index (κ1) is 22.4. The fourth-order valence-electron chi connectivity index (χ4n) is 2.22. The summed E-state index contributed by atoms with van der Waals surface area (Å²) in [5.74, 6) is -0.747. The average Bonchev–Trinajstić information content (AvgIpc) is 2.54. The van der Waals surface area contributed by atoms with E-state index in [1.807, 2.05) is 18.2 Å². The van der Waals surface area contributed by atoms with Crippen molar-refractivity contribution in [2.75, 3.05) is 6.54 Å². The highest BCUT2D eigenvalue weighted by molar-refractivity contribution is 5.75. The molecule has 3 N–H and O–H groups in total. The lowest BCUT2D eigenvalue weighted by Gasteiger charge is -2.03. The van der Waals surface area contributed by atoms with Crippen LogP contribution in [0.15, 0.2) is 24.3 Å². The molecule has 0 aliphatic rings. The normalized spacial score (nSPS) is 12.8. The highest BCUT2D eigenvalue weighted by Crippen LogP contribution is 2.05. The van der Waals surface area contributed by atoms with Crippen molar-refractivity contribution < 1.29 is 19.8 Å². The van der Waals surface area contributed by atoms with Crippen molar-refractivity contribution >= 4 is 11.9 Å². The number of hydrogen-bond acceptors (Lipinski definition) is 3. The third kappa shape index (κ3) is 16.7. The van der Waals surface area contributed by atoms with Gasteiger partial charge in [0, 0.05) is 19.4 Å². The molecule has 24 heavy (non-hydrogen) atoms. The standard InChI is InChI=1S/C19H33NO4/c1-2-3-7-12-17(21)13-8-6-11-16-20-18(22)14-9-4-5-10-15-19(23)24/h6,8,11,13,17,21H,2-5,7,9-10,12,14-16H2,1H3,(H,20,22)(H,23,24)/t17-/m0/s1. The lowest BCUT2D eigenvalue weighted by Crippen LogP contribution is -2.22. The molecule has 0 saturated heterocycles. The Morgan fingerprint density at radius 3 is 2.38 bits per heavy atom. The van der Waals surface area contributed by atoms with Gasteiger partial charge in [0.15, 0.2) is 0 Å². The quantitative estimate of drug-likeness (QED) is 0.314. The lowest BCUT2D eigenvalue weighted by molar-refractivity contribution is -0.137. The number of carbonyl (C=O) groups is 2. The molecule has 0 spiro atoms. The maximum atomic E-state index is 11.6. The molecular weight excluding hydrogens is 306 g/mol. The van der Waals surface area contributed by atoms with Crippen molar-refractivity contribution in [1.82, 2.24) is 5.32 Å². The van der Waals surface area contributed by atoms with Crippen LogP contribution in [0.1, 0.15) is 71.1 Å². The SMILES string of the molecule is CCCCC[C@H](O)C=CC=CCNC(=O)CCCCCCC(=O)O. The minimum absolute atomic E-state index is 0.0152. The maximum absolute atomic E-state index is 11.6. The summed E-state index contributed by atoms with van der Waals surface area (Å²) in [4.78, 5) is 21.9. The van der Waals surface area contributed by atoms with Gasteiger partial charge in [0.05, 0.1) is 6.10 Å². The van der Waals surface area contributed by atoms with Crippen LogP contribution in [-0.4, -0.2) is 34.7 Å². The fraction of sp³-hybridized carbons (Fsp3) is 0.684. The van der Waals surface area contributed by atoms with E-state index in [4.69, 9.17) is 5.11 Å². The number of carbonyl (C=O) groups excluding carboxylic acids is 1. The van der Waals surface area contributed by atoms with Gasteiger partial charge in [-0.15, -0.1) is 0 Å². The predicted molar refractivity (Wildman–Crippen MR) is 96.8 cm³/mol. The van der Waals surface area contributed by atoms with Gasteiger partial charge in [-0.05, 0) is 19.3 Å². The number of hydrogen-bond donors (Lipinski definition) is 3. The molecule has 0 saturated carbocycles. The summed E-state index contributed by atoms with van der Waals surface area (Å²) >= 11 is 0. The van der Waals surface area contributed by atoms with Gasteiger partial charge < -0.3 is 15.5 Å². The van der Waals surface area contributed by atoms with Crippen molar-refractivity contribution in [3.63, 3.8) is 0 Å². The van der Waals surface area contributed by atoms with Gasteiger partial charge in [-0.25, -0.2) is 0 Å². The van der Waals surface area contributed by atoms with Crippen LogP contribution in [0.5, 0.6) is 0 Å². The number of allylic oxidation sites excluding steroid dienone is 2. The number of nitrogens with one attached hydrogen (secondary N) is 1. The number of aliphatic carboxylic acids is 1. The zero-order chi connectivity index (χ0) is 18.0. The van der Waals surface area contributed by atoms with Crippen LogP contribution in [0, 0.1) is 0 Å². The van der Waals surface area contributed by atoms with Crippen molar-refractivity contribution in [2.45, 2.75) is 77.2 Å². The summed E-state index contributed by atoms with van der Waals surface area (Å²) in [6.07, 6.45) is 14.9. The van der Waals surface area contributed by atoms with E-state index in [1.165, 1.54) is 0 Å². The molecule has 0 aromatic heterocycles. The van der Waals surface area contributed by atoms with Gasteiger partial charge in [-0.3, -0.25) is 9.59 Å². The van der Waals surface area contributed by atoms with Crippen LogP contribution in [-0.2, 0) is 9.59 Å². The summed E-state index contributed by atoms with van der Waals surface area (Å²) < 4.78 is 0. The minimum atomic E-state index is -0.762. The van der Waals surface area contributed by atoms with Crippen molar-refractivity contribution in [3.8, 4) is 0 Å². The van der Waals surface area contributed by atoms with E-state index in [-0.39, 0.29) is 12.3 Å². The summed E-state index contributed by atoms with van der Waals surface area (Å²) in [7, 11) is 0. The van der Waals surface area contributed by atoms with Gasteiger partial charge in [-0.1, -0.05) is 63.3 Å². The Balaban J connectivity index is 3.54.